The fourth-order valence-corrected chi connectivity index (χ4v) is 4.20. The Bertz CT molecular complexity index is 632. The van der Waals surface area contributed by atoms with E-state index in [1.165, 1.54) is 0 Å². The molecule has 1 amide bonds. The number of aliphatic carboxylic acids is 1. The van der Waals surface area contributed by atoms with Crippen LogP contribution in [0.3, 0.4) is 0 Å². The minimum absolute atomic E-state index is 0.0219. The molecule has 1 saturated carbocycles. The SMILES string of the molecule is Cc1ccccc1C1(C(=O)NCC(C(=O)O)C2CCOCC2)CCC1. The maximum atomic E-state index is 13.0. The molecule has 1 heterocycles. The molecule has 3 rings (SSSR count). The number of benzene rings is 1. The van der Waals surface area contributed by atoms with Gasteiger partial charge in [0.15, 0.2) is 0 Å². The van der Waals surface area contributed by atoms with Crippen LogP contribution in [0.4, 0.5) is 0 Å². The van der Waals surface area contributed by atoms with Crippen molar-refractivity contribution >= 4 is 11.9 Å². The summed E-state index contributed by atoms with van der Waals surface area (Å²) in [6.07, 6.45) is 4.19. The average Bonchev–Trinajstić information content (AvgIpc) is 2.56. The number of amides is 1. The number of hydrogen-bond acceptors (Lipinski definition) is 3. The Morgan fingerprint density at radius 1 is 1.28 bits per heavy atom. The molecule has 1 unspecified atom stereocenters. The summed E-state index contributed by atoms with van der Waals surface area (Å²) in [5, 5.41) is 12.6. The van der Waals surface area contributed by atoms with Crippen molar-refractivity contribution in [1.29, 1.82) is 0 Å². The fraction of sp³-hybridized carbons (Fsp3) is 0.600. The first kappa shape index (κ1) is 17.9. The third kappa shape index (κ3) is 3.56. The number of rotatable bonds is 6. The maximum absolute atomic E-state index is 13.0. The van der Waals surface area contributed by atoms with Crippen molar-refractivity contribution in [2.24, 2.45) is 11.8 Å². The van der Waals surface area contributed by atoms with E-state index in [9.17, 15) is 14.7 Å². The molecule has 1 aromatic rings. The number of ether oxygens (including phenoxy) is 1. The molecule has 1 aliphatic heterocycles. The van der Waals surface area contributed by atoms with E-state index in [4.69, 9.17) is 4.74 Å². The Hall–Kier alpha value is -1.88. The first-order valence-corrected chi connectivity index (χ1v) is 9.19. The highest BCUT2D eigenvalue weighted by Gasteiger charge is 2.46. The van der Waals surface area contributed by atoms with Gasteiger partial charge in [-0.05, 0) is 49.7 Å². The van der Waals surface area contributed by atoms with Gasteiger partial charge in [0.2, 0.25) is 5.91 Å². The van der Waals surface area contributed by atoms with Crippen molar-refractivity contribution in [2.45, 2.75) is 44.4 Å². The number of carbonyl (C=O) groups is 2. The second-order valence-electron chi connectivity index (χ2n) is 7.36. The van der Waals surface area contributed by atoms with E-state index in [2.05, 4.69) is 5.32 Å². The normalized spacial score (nSPS) is 21.2. The van der Waals surface area contributed by atoms with Crippen LogP contribution < -0.4 is 5.32 Å². The molecule has 0 spiro atoms. The van der Waals surface area contributed by atoms with Crippen LogP contribution in [0.15, 0.2) is 24.3 Å². The van der Waals surface area contributed by atoms with Crippen molar-refractivity contribution < 1.29 is 19.4 Å². The molecule has 5 heteroatoms. The van der Waals surface area contributed by atoms with E-state index in [1.807, 2.05) is 31.2 Å². The quantitative estimate of drug-likeness (QED) is 0.831. The monoisotopic (exact) mass is 345 g/mol. The molecule has 2 fully saturated rings. The van der Waals surface area contributed by atoms with Crippen LogP contribution in [0.2, 0.25) is 0 Å². The lowest BCUT2D eigenvalue weighted by atomic mass is 9.62. The van der Waals surface area contributed by atoms with Crippen LogP contribution in [0.25, 0.3) is 0 Å². The van der Waals surface area contributed by atoms with Crippen LogP contribution in [-0.2, 0) is 19.7 Å². The molecule has 0 aromatic heterocycles. The molecule has 1 atom stereocenters. The minimum atomic E-state index is -0.828. The van der Waals surface area contributed by atoms with Gasteiger partial charge in [-0.1, -0.05) is 30.7 Å². The lowest BCUT2D eigenvalue weighted by Gasteiger charge is -2.42. The third-order valence-electron chi connectivity index (χ3n) is 5.94. The molecule has 1 aliphatic carbocycles. The molecule has 5 nitrogen and oxygen atoms in total. The summed E-state index contributed by atoms with van der Waals surface area (Å²) in [7, 11) is 0. The topological polar surface area (TPSA) is 75.6 Å². The highest BCUT2D eigenvalue weighted by molar-refractivity contribution is 5.90. The van der Waals surface area contributed by atoms with E-state index in [-0.39, 0.29) is 18.4 Å². The smallest absolute Gasteiger partial charge is 0.308 e. The summed E-state index contributed by atoms with van der Waals surface area (Å²) in [6.45, 7) is 3.45. The summed E-state index contributed by atoms with van der Waals surface area (Å²) in [5.41, 5.74) is 1.72. The molecular weight excluding hydrogens is 318 g/mol. The van der Waals surface area contributed by atoms with Gasteiger partial charge in [-0.15, -0.1) is 0 Å². The second kappa shape index (κ2) is 7.56. The predicted octanol–water partition coefficient (Wildman–Crippen LogP) is 2.66. The van der Waals surface area contributed by atoms with Gasteiger partial charge < -0.3 is 15.2 Å². The third-order valence-corrected chi connectivity index (χ3v) is 5.94. The highest BCUT2D eigenvalue weighted by atomic mass is 16.5. The van der Waals surface area contributed by atoms with Gasteiger partial charge in [-0.2, -0.15) is 0 Å². The lowest BCUT2D eigenvalue weighted by molar-refractivity contribution is -0.145. The molecule has 2 N–H and O–H groups in total. The highest BCUT2D eigenvalue weighted by Crippen LogP contribution is 2.45. The first-order chi connectivity index (χ1) is 12.0. The van der Waals surface area contributed by atoms with Gasteiger partial charge in [-0.25, -0.2) is 0 Å². The van der Waals surface area contributed by atoms with E-state index in [0.717, 1.165) is 43.2 Å². The predicted molar refractivity (Wildman–Crippen MR) is 94.4 cm³/mol. The Balaban J connectivity index is 1.69. The number of hydrogen-bond donors (Lipinski definition) is 2. The van der Waals surface area contributed by atoms with E-state index in [0.29, 0.717) is 13.2 Å². The zero-order valence-corrected chi connectivity index (χ0v) is 14.8. The van der Waals surface area contributed by atoms with Crippen LogP contribution >= 0.6 is 0 Å². The fourth-order valence-electron chi connectivity index (χ4n) is 4.20. The van der Waals surface area contributed by atoms with Gasteiger partial charge in [0.25, 0.3) is 0 Å². The number of carbonyl (C=O) groups excluding carboxylic acids is 1. The van der Waals surface area contributed by atoms with E-state index in [1.54, 1.807) is 0 Å². The molecule has 2 aliphatic rings. The van der Waals surface area contributed by atoms with Crippen LogP contribution in [0, 0.1) is 18.8 Å². The van der Waals surface area contributed by atoms with Crippen molar-refractivity contribution in [3.05, 3.63) is 35.4 Å². The maximum Gasteiger partial charge on any atom is 0.308 e. The molecule has 0 bridgehead atoms. The van der Waals surface area contributed by atoms with Gasteiger partial charge in [0, 0.05) is 19.8 Å². The van der Waals surface area contributed by atoms with Crippen LogP contribution in [-0.4, -0.2) is 36.7 Å². The number of carboxylic acids is 1. The van der Waals surface area contributed by atoms with Gasteiger partial charge in [0.1, 0.15) is 0 Å². The summed E-state index contributed by atoms with van der Waals surface area (Å²) in [4.78, 5) is 24.7. The first-order valence-electron chi connectivity index (χ1n) is 9.19. The zero-order chi connectivity index (χ0) is 17.9. The van der Waals surface area contributed by atoms with Gasteiger partial charge >= 0.3 is 5.97 Å². The summed E-state index contributed by atoms with van der Waals surface area (Å²) < 4.78 is 5.33. The van der Waals surface area contributed by atoms with E-state index < -0.39 is 17.3 Å². The van der Waals surface area contributed by atoms with Crippen LogP contribution in [0.1, 0.15) is 43.2 Å². The molecule has 0 radical (unpaired) electrons. The molecule has 1 aromatic carbocycles. The molecule has 25 heavy (non-hydrogen) atoms. The zero-order valence-electron chi connectivity index (χ0n) is 14.8. The largest absolute Gasteiger partial charge is 0.481 e. The number of aryl methyl sites for hydroxylation is 1. The van der Waals surface area contributed by atoms with Crippen molar-refractivity contribution in [2.75, 3.05) is 19.8 Å². The van der Waals surface area contributed by atoms with Crippen LogP contribution in [0.5, 0.6) is 0 Å². The van der Waals surface area contributed by atoms with E-state index >= 15 is 0 Å². The summed E-state index contributed by atoms with van der Waals surface area (Å²) in [6, 6.07) is 8.01. The van der Waals surface area contributed by atoms with Crippen molar-refractivity contribution in [1.82, 2.24) is 5.32 Å². The van der Waals surface area contributed by atoms with Crippen molar-refractivity contribution in [3.8, 4) is 0 Å². The Morgan fingerprint density at radius 3 is 2.52 bits per heavy atom. The average molecular weight is 345 g/mol. The van der Waals surface area contributed by atoms with Gasteiger partial charge in [0.05, 0.1) is 11.3 Å². The summed E-state index contributed by atoms with van der Waals surface area (Å²) >= 11 is 0. The Kier molecular flexibility index (Phi) is 5.42. The molecule has 1 saturated heterocycles. The van der Waals surface area contributed by atoms with Crippen molar-refractivity contribution in [3.63, 3.8) is 0 Å². The standard InChI is InChI=1S/C20H27NO4/c1-14-5-2-3-6-17(14)20(9-4-10-20)19(24)21-13-16(18(22)23)15-7-11-25-12-8-15/h2-3,5-6,15-16H,4,7-13H2,1H3,(H,21,24)(H,22,23). The van der Waals surface area contributed by atoms with Gasteiger partial charge in [-0.3, -0.25) is 9.59 Å². The minimum Gasteiger partial charge on any atom is -0.481 e. The molecular formula is C20H27NO4. The second-order valence-corrected chi connectivity index (χ2v) is 7.36. The Labute approximate surface area is 148 Å². The number of carboxylic acid groups (broad SMARTS) is 1. The summed E-state index contributed by atoms with van der Waals surface area (Å²) in [5.74, 6) is -1.32. The lowest BCUT2D eigenvalue weighted by Crippen LogP contribution is -2.51. The Morgan fingerprint density at radius 2 is 1.96 bits per heavy atom. The number of nitrogens with one attached hydrogen (secondary N) is 1. The molecule has 136 valence electrons.